The third-order valence-electron chi connectivity index (χ3n) is 6.19. The summed E-state index contributed by atoms with van der Waals surface area (Å²) >= 11 is 0. The van der Waals surface area contributed by atoms with E-state index in [4.69, 9.17) is 4.74 Å². The lowest BCUT2D eigenvalue weighted by atomic mass is 9.99. The van der Waals surface area contributed by atoms with Crippen molar-refractivity contribution in [3.8, 4) is 0 Å². The number of benzene rings is 2. The van der Waals surface area contributed by atoms with E-state index < -0.39 is 0 Å². The molecule has 2 heterocycles. The molecule has 1 atom stereocenters. The highest BCUT2D eigenvalue weighted by Gasteiger charge is 2.20. The molecule has 7 heteroatoms. The van der Waals surface area contributed by atoms with Gasteiger partial charge in [0.1, 0.15) is 0 Å². The zero-order valence-electron chi connectivity index (χ0n) is 19.6. The van der Waals surface area contributed by atoms with Gasteiger partial charge in [0, 0.05) is 26.1 Å². The van der Waals surface area contributed by atoms with Gasteiger partial charge in [0.2, 0.25) is 5.91 Å². The fourth-order valence-electron chi connectivity index (χ4n) is 4.16. The summed E-state index contributed by atoms with van der Waals surface area (Å²) in [5.74, 6) is 0.812. The average Bonchev–Trinajstić information content (AvgIpc) is 2.83. The Labute approximate surface area is 194 Å². The van der Waals surface area contributed by atoms with Crippen LogP contribution in [0.25, 0.3) is 11.0 Å². The molecule has 1 aliphatic heterocycles. The topological polar surface area (TPSA) is 76.5 Å². The summed E-state index contributed by atoms with van der Waals surface area (Å²) in [6.45, 7) is 9.02. The maximum atomic E-state index is 13.3. The molecular formula is C26H32N4O3. The lowest BCUT2D eigenvalue weighted by Crippen LogP contribution is -2.41. The van der Waals surface area contributed by atoms with E-state index in [-0.39, 0.29) is 23.9 Å². The molecule has 3 aromatic rings. The summed E-state index contributed by atoms with van der Waals surface area (Å²) in [6.07, 6.45) is 0.213. The van der Waals surface area contributed by atoms with E-state index in [1.807, 2.05) is 36.1 Å². The van der Waals surface area contributed by atoms with Crippen molar-refractivity contribution < 1.29 is 9.53 Å². The number of nitrogens with one attached hydrogen (secondary N) is 1. The van der Waals surface area contributed by atoms with Crippen LogP contribution in [0.5, 0.6) is 0 Å². The molecule has 1 aliphatic rings. The third kappa shape index (κ3) is 5.25. The van der Waals surface area contributed by atoms with Gasteiger partial charge in [0.05, 0.1) is 30.3 Å². The van der Waals surface area contributed by atoms with Crippen LogP contribution in [0, 0.1) is 0 Å². The summed E-state index contributed by atoms with van der Waals surface area (Å²) in [7, 11) is 0. The second-order valence-electron chi connectivity index (χ2n) is 8.84. The first-order valence-electron chi connectivity index (χ1n) is 11.7. The molecule has 1 unspecified atom stereocenters. The van der Waals surface area contributed by atoms with Gasteiger partial charge in [0.15, 0.2) is 5.82 Å². The molecule has 1 fully saturated rings. The molecule has 1 saturated heterocycles. The lowest BCUT2D eigenvalue weighted by Gasteiger charge is -2.28. The molecule has 1 N–H and O–H groups in total. The molecule has 1 aromatic heterocycles. The Balaban J connectivity index is 1.49. The van der Waals surface area contributed by atoms with Crippen molar-refractivity contribution in [3.63, 3.8) is 0 Å². The Hall–Kier alpha value is -3.19. The first-order chi connectivity index (χ1) is 15.9. The van der Waals surface area contributed by atoms with Crippen molar-refractivity contribution >= 4 is 22.8 Å². The van der Waals surface area contributed by atoms with Gasteiger partial charge in [-0.15, -0.1) is 0 Å². The molecule has 174 valence electrons. The number of fused-ring (bicyclic) bond motifs is 1. The molecule has 1 amide bonds. The minimum Gasteiger partial charge on any atom is -0.378 e. The van der Waals surface area contributed by atoms with Crippen LogP contribution in [0.1, 0.15) is 50.3 Å². The van der Waals surface area contributed by atoms with E-state index in [9.17, 15) is 9.59 Å². The highest BCUT2D eigenvalue weighted by Crippen LogP contribution is 2.19. The molecule has 2 aromatic carbocycles. The number of aryl methyl sites for hydroxylation is 1. The van der Waals surface area contributed by atoms with Crippen LogP contribution in [0.15, 0.2) is 53.3 Å². The van der Waals surface area contributed by atoms with Gasteiger partial charge < -0.3 is 19.5 Å². The highest BCUT2D eigenvalue weighted by atomic mass is 16.5. The number of hydrogen-bond donors (Lipinski definition) is 1. The third-order valence-corrected chi connectivity index (χ3v) is 6.19. The minimum atomic E-state index is -0.166. The number of carbonyl (C=O) groups is 1. The largest absolute Gasteiger partial charge is 0.378 e. The number of carbonyl (C=O) groups excluding carboxylic acids is 1. The average molecular weight is 449 g/mol. The van der Waals surface area contributed by atoms with Crippen molar-refractivity contribution in [2.24, 2.45) is 0 Å². The van der Waals surface area contributed by atoms with Crippen LogP contribution in [0.2, 0.25) is 0 Å². The summed E-state index contributed by atoms with van der Waals surface area (Å²) in [5, 5.41) is 3.06. The van der Waals surface area contributed by atoms with Crippen LogP contribution in [-0.4, -0.2) is 41.8 Å². The molecule has 0 saturated carbocycles. The molecule has 0 radical (unpaired) electrons. The Morgan fingerprint density at radius 3 is 2.39 bits per heavy atom. The number of anilines is 1. The van der Waals surface area contributed by atoms with Gasteiger partial charge >= 0.3 is 0 Å². The monoisotopic (exact) mass is 448 g/mol. The van der Waals surface area contributed by atoms with Gasteiger partial charge in [-0.1, -0.05) is 50.2 Å². The summed E-state index contributed by atoms with van der Waals surface area (Å²) < 4.78 is 7.09. The molecule has 7 nitrogen and oxygen atoms in total. The van der Waals surface area contributed by atoms with Crippen molar-refractivity contribution in [2.45, 2.75) is 45.7 Å². The second-order valence-corrected chi connectivity index (χ2v) is 8.84. The number of para-hydroxylation sites is 2. The van der Waals surface area contributed by atoms with Gasteiger partial charge in [-0.2, -0.15) is 0 Å². The van der Waals surface area contributed by atoms with Gasteiger partial charge in [-0.25, -0.2) is 4.98 Å². The lowest BCUT2D eigenvalue weighted by molar-refractivity contribution is -0.121. The van der Waals surface area contributed by atoms with E-state index in [2.05, 4.69) is 48.4 Å². The Bertz CT molecular complexity index is 1160. The molecule has 0 aliphatic carbocycles. The predicted octanol–water partition coefficient (Wildman–Crippen LogP) is 3.62. The SMILES string of the molecule is CC(C)c1ccc(C(C)NC(=O)CCn2c(=O)c(N3CCOCC3)nc3ccccc32)cc1. The quantitative estimate of drug-likeness (QED) is 0.597. The number of ether oxygens (including phenoxy) is 1. The molecule has 0 spiro atoms. The zero-order chi connectivity index (χ0) is 23.4. The standard InChI is InChI=1S/C26H32N4O3/c1-18(2)20-8-10-21(11-9-20)19(3)27-24(31)12-13-30-23-7-5-4-6-22(23)28-25(26(30)32)29-14-16-33-17-15-29/h4-11,18-19H,12-17H2,1-3H3,(H,27,31). The Morgan fingerprint density at radius 2 is 1.70 bits per heavy atom. The number of amides is 1. The zero-order valence-corrected chi connectivity index (χ0v) is 19.6. The van der Waals surface area contributed by atoms with Gasteiger partial charge in [-0.05, 0) is 36.1 Å². The molecule has 0 bridgehead atoms. The second kappa shape index (κ2) is 10.2. The van der Waals surface area contributed by atoms with Crippen molar-refractivity contribution in [3.05, 3.63) is 70.0 Å². The smallest absolute Gasteiger partial charge is 0.294 e. The van der Waals surface area contributed by atoms with E-state index in [0.29, 0.717) is 44.6 Å². The van der Waals surface area contributed by atoms with Crippen molar-refractivity contribution in [1.82, 2.24) is 14.9 Å². The van der Waals surface area contributed by atoms with Crippen molar-refractivity contribution in [1.29, 1.82) is 0 Å². The first-order valence-corrected chi connectivity index (χ1v) is 11.7. The fourth-order valence-corrected chi connectivity index (χ4v) is 4.16. The maximum Gasteiger partial charge on any atom is 0.294 e. The molecular weight excluding hydrogens is 416 g/mol. The number of nitrogens with zero attached hydrogens (tertiary/aromatic N) is 3. The Morgan fingerprint density at radius 1 is 1.03 bits per heavy atom. The highest BCUT2D eigenvalue weighted by molar-refractivity contribution is 5.78. The van der Waals surface area contributed by atoms with Crippen LogP contribution in [0.3, 0.4) is 0 Å². The van der Waals surface area contributed by atoms with E-state index in [1.54, 1.807) is 4.57 Å². The normalized spacial score (nSPS) is 15.1. The summed E-state index contributed by atoms with van der Waals surface area (Å²) in [5.41, 5.74) is 3.66. The number of rotatable bonds is 7. The van der Waals surface area contributed by atoms with Crippen LogP contribution in [0.4, 0.5) is 5.82 Å². The Kier molecular flexibility index (Phi) is 7.08. The van der Waals surface area contributed by atoms with E-state index in [1.165, 1.54) is 5.56 Å². The van der Waals surface area contributed by atoms with Crippen LogP contribution >= 0.6 is 0 Å². The maximum absolute atomic E-state index is 13.3. The summed E-state index contributed by atoms with van der Waals surface area (Å²) in [6, 6.07) is 15.8. The van der Waals surface area contributed by atoms with Crippen LogP contribution in [-0.2, 0) is 16.1 Å². The fraction of sp³-hybridized carbons (Fsp3) is 0.423. The van der Waals surface area contributed by atoms with Crippen molar-refractivity contribution in [2.75, 3.05) is 31.2 Å². The number of hydrogen-bond acceptors (Lipinski definition) is 5. The van der Waals surface area contributed by atoms with Crippen LogP contribution < -0.4 is 15.8 Å². The van der Waals surface area contributed by atoms with Gasteiger partial charge in [0.25, 0.3) is 5.56 Å². The van der Waals surface area contributed by atoms with E-state index in [0.717, 1.165) is 16.6 Å². The number of aromatic nitrogens is 2. The molecule has 4 rings (SSSR count). The van der Waals surface area contributed by atoms with Gasteiger partial charge in [-0.3, -0.25) is 9.59 Å². The summed E-state index contributed by atoms with van der Waals surface area (Å²) in [4.78, 5) is 32.7. The first kappa shape index (κ1) is 23.0. The number of morpholine rings is 1. The predicted molar refractivity (Wildman–Crippen MR) is 131 cm³/mol. The van der Waals surface area contributed by atoms with E-state index >= 15 is 0 Å². The minimum absolute atomic E-state index is 0.0869. The molecule has 33 heavy (non-hydrogen) atoms.